The summed E-state index contributed by atoms with van der Waals surface area (Å²) in [7, 11) is 3.68. The van der Waals surface area contributed by atoms with Crippen LogP contribution in [0.3, 0.4) is 0 Å². The van der Waals surface area contributed by atoms with Crippen LogP contribution in [0.15, 0.2) is 42.5 Å². The van der Waals surface area contributed by atoms with Crippen molar-refractivity contribution in [2.75, 3.05) is 26.0 Å². The molecule has 1 aliphatic heterocycles. The monoisotopic (exact) mass is 399 g/mol. The van der Waals surface area contributed by atoms with Gasteiger partial charge in [0, 0.05) is 6.54 Å². The molecule has 1 heterocycles. The van der Waals surface area contributed by atoms with E-state index < -0.39 is 6.04 Å². The van der Waals surface area contributed by atoms with Gasteiger partial charge in [-0.15, -0.1) is 24.8 Å². The van der Waals surface area contributed by atoms with Crippen LogP contribution in [0.1, 0.15) is 22.7 Å². The minimum absolute atomic E-state index is 0. The molecular weight excluding hydrogens is 376 g/mol. The normalized spacial score (nSPS) is 13.8. The van der Waals surface area contributed by atoms with E-state index in [-0.39, 0.29) is 42.2 Å². The largest absolute Gasteiger partial charge is 0.322 e. The van der Waals surface area contributed by atoms with Crippen molar-refractivity contribution < 1.29 is 9.18 Å². The Labute approximate surface area is 166 Å². The third kappa shape index (κ3) is 4.74. The molecule has 0 radical (unpaired) electrons. The van der Waals surface area contributed by atoms with Gasteiger partial charge in [0.25, 0.3) is 0 Å². The van der Waals surface area contributed by atoms with Crippen molar-refractivity contribution in [3.63, 3.8) is 0 Å². The Morgan fingerprint density at radius 2 is 1.85 bits per heavy atom. The molecule has 0 saturated heterocycles. The molecule has 142 valence electrons. The molecule has 0 aliphatic carbocycles. The topological polar surface area (TPSA) is 44.4 Å². The fraction of sp³-hybridized carbons (Fsp3) is 0.316. The standard InChI is InChI=1S/C19H22FN3O.2ClH/c1-23(2)18(13-6-4-3-5-7-13)19(24)22-16-9-8-14-12-21-11-10-15(14)17(16)20;;/h3-9,18,21H,10-12H2,1-2H3,(H,22,24);2*1H. The molecule has 1 atom stereocenters. The van der Waals surface area contributed by atoms with Gasteiger partial charge in [-0.1, -0.05) is 36.4 Å². The van der Waals surface area contributed by atoms with Crippen molar-refractivity contribution in [2.45, 2.75) is 19.0 Å². The second kappa shape index (κ2) is 9.88. The molecule has 4 nitrogen and oxygen atoms in total. The highest BCUT2D eigenvalue weighted by molar-refractivity contribution is 5.95. The van der Waals surface area contributed by atoms with Crippen molar-refractivity contribution in [3.8, 4) is 0 Å². The maximum atomic E-state index is 14.7. The maximum Gasteiger partial charge on any atom is 0.246 e. The molecule has 7 heteroatoms. The molecule has 0 fully saturated rings. The lowest BCUT2D eigenvalue weighted by molar-refractivity contribution is -0.120. The van der Waals surface area contributed by atoms with E-state index in [1.807, 2.05) is 55.4 Å². The molecule has 1 amide bonds. The van der Waals surface area contributed by atoms with Gasteiger partial charge in [-0.3, -0.25) is 9.69 Å². The van der Waals surface area contributed by atoms with Crippen molar-refractivity contribution >= 4 is 36.4 Å². The number of halogens is 3. The van der Waals surface area contributed by atoms with E-state index in [9.17, 15) is 9.18 Å². The van der Waals surface area contributed by atoms with Crippen molar-refractivity contribution in [2.24, 2.45) is 0 Å². The SMILES string of the molecule is CN(C)C(C(=O)Nc1ccc2c(c1F)CCNC2)c1ccccc1.Cl.Cl. The molecule has 0 saturated carbocycles. The first kappa shape index (κ1) is 22.4. The van der Waals surface area contributed by atoms with Crippen LogP contribution in [0.5, 0.6) is 0 Å². The summed E-state index contributed by atoms with van der Waals surface area (Å²) in [4.78, 5) is 14.6. The van der Waals surface area contributed by atoms with Crippen LogP contribution in [0.4, 0.5) is 10.1 Å². The summed E-state index contributed by atoms with van der Waals surface area (Å²) in [5.74, 6) is -0.549. The number of carbonyl (C=O) groups is 1. The van der Waals surface area contributed by atoms with E-state index in [4.69, 9.17) is 0 Å². The summed E-state index contributed by atoms with van der Waals surface area (Å²) < 4.78 is 14.7. The van der Waals surface area contributed by atoms with Gasteiger partial charge < -0.3 is 10.6 Å². The number of nitrogens with zero attached hydrogens (tertiary/aromatic N) is 1. The van der Waals surface area contributed by atoms with Crippen molar-refractivity contribution in [3.05, 3.63) is 65.0 Å². The van der Waals surface area contributed by atoms with Crippen LogP contribution in [0.2, 0.25) is 0 Å². The summed E-state index contributed by atoms with van der Waals surface area (Å²) in [5, 5.41) is 5.99. The van der Waals surface area contributed by atoms with Crippen molar-refractivity contribution in [1.82, 2.24) is 10.2 Å². The van der Waals surface area contributed by atoms with Crippen LogP contribution in [-0.2, 0) is 17.8 Å². The number of hydrogen-bond acceptors (Lipinski definition) is 3. The summed E-state index contributed by atoms with van der Waals surface area (Å²) >= 11 is 0. The fourth-order valence-corrected chi connectivity index (χ4v) is 3.15. The second-order valence-corrected chi connectivity index (χ2v) is 6.26. The van der Waals surface area contributed by atoms with E-state index in [2.05, 4.69) is 10.6 Å². The first-order valence-electron chi connectivity index (χ1n) is 8.11. The molecule has 3 rings (SSSR count). The molecule has 1 aliphatic rings. The number of rotatable bonds is 4. The number of anilines is 1. The van der Waals surface area contributed by atoms with Gasteiger partial charge in [0.2, 0.25) is 5.91 Å². The number of carbonyl (C=O) groups excluding carboxylic acids is 1. The third-order valence-electron chi connectivity index (χ3n) is 4.35. The highest BCUT2D eigenvalue weighted by Crippen LogP contribution is 2.26. The molecular formula is C19H24Cl2FN3O. The lowest BCUT2D eigenvalue weighted by atomic mass is 9.99. The van der Waals surface area contributed by atoms with Gasteiger partial charge in [-0.05, 0) is 49.8 Å². The summed E-state index contributed by atoms with van der Waals surface area (Å²) in [6, 6.07) is 12.6. The van der Waals surface area contributed by atoms with Crippen LogP contribution >= 0.6 is 24.8 Å². The summed E-state index contributed by atoms with van der Waals surface area (Å²) in [5.41, 5.74) is 2.79. The van der Waals surface area contributed by atoms with Gasteiger partial charge in [0.1, 0.15) is 11.9 Å². The van der Waals surface area contributed by atoms with Crippen LogP contribution in [0, 0.1) is 5.82 Å². The lowest BCUT2D eigenvalue weighted by Crippen LogP contribution is -2.32. The molecule has 1 unspecified atom stereocenters. The summed E-state index contributed by atoms with van der Waals surface area (Å²) in [6.45, 7) is 1.43. The predicted octanol–water partition coefficient (Wildman–Crippen LogP) is 3.56. The van der Waals surface area contributed by atoms with Gasteiger partial charge in [0.15, 0.2) is 0 Å². The van der Waals surface area contributed by atoms with E-state index in [1.54, 1.807) is 6.07 Å². The van der Waals surface area contributed by atoms with Crippen LogP contribution in [0.25, 0.3) is 0 Å². The quantitative estimate of drug-likeness (QED) is 0.825. The molecule has 2 aromatic rings. The predicted molar refractivity (Wildman–Crippen MR) is 108 cm³/mol. The zero-order chi connectivity index (χ0) is 17.1. The van der Waals surface area contributed by atoms with Gasteiger partial charge in [-0.2, -0.15) is 0 Å². The molecule has 0 bridgehead atoms. The second-order valence-electron chi connectivity index (χ2n) is 6.26. The van der Waals surface area contributed by atoms with Crippen molar-refractivity contribution in [1.29, 1.82) is 0 Å². The average Bonchev–Trinajstić information content (AvgIpc) is 2.58. The average molecular weight is 400 g/mol. The van der Waals surface area contributed by atoms with Gasteiger partial charge in [-0.25, -0.2) is 4.39 Å². The van der Waals surface area contributed by atoms with Crippen LogP contribution in [-0.4, -0.2) is 31.4 Å². The maximum absolute atomic E-state index is 14.7. The number of nitrogens with one attached hydrogen (secondary N) is 2. The first-order valence-corrected chi connectivity index (χ1v) is 8.11. The van der Waals surface area contributed by atoms with E-state index in [0.717, 1.165) is 17.7 Å². The summed E-state index contributed by atoms with van der Waals surface area (Å²) in [6.07, 6.45) is 0.640. The first-order chi connectivity index (χ1) is 11.6. The molecule has 0 aromatic heterocycles. The third-order valence-corrected chi connectivity index (χ3v) is 4.35. The minimum Gasteiger partial charge on any atom is -0.322 e. The van der Waals surface area contributed by atoms with E-state index in [0.29, 0.717) is 18.5 Å². The van der Waals surface area contributed by atoms with E-state index >= 15 is 0 Å². The van der Waals surface area contributed by atoms with E-state index in [1.165, 1.54) is 0 Å². The highest BCUT2D eigenvalue weighted by Gasteiger charge is 2.25. The molecule has 0 spiro atoms. The molecule has 2 aromatic carbocycles. The number of fused-ring (bicyclic) bond motifs is 1. The lowest BCUT2D eigenvalue weighted by Gasteiger charge is -2.25. The number of likely N-dealkylation sites (N-methyl/N-ethyl adjacent to an activating group) is 1. The minimum atomic E-state index is -0.469. The number of amides is 1. The Balaban J connectivity index is 0.00000169. The Bertz CT molecular complexity index is 741. The highest BCUT2D eigenvalue weighted by atomic mass is 35.5. The molecule has 26 heavy (non-hydrogen) atoms. The Kier molecular flexibility index (Phi) is 8.50. The van der Waals surface area contributed by atoms with Crippen LogP contribution < -0.4 is 10.6 Å². The smallest absolute Gasteiger partial charge is 0.246 e. The fourth-order valence-electron chi connectivity index (χ4n) is 3.15. The molecule has 2 N–H and O–H groups in total. The Hall–Kier alpha value is -1.66. The van der Waals surface area contributed by atoms with Gasteiger partial charge >= 0.3 is 0 Å². The Morgan fingerprint density at radius 3 is 2.50 bits per heavy atom. The van der Waals surface area contributed by atoms with Gasteiger partial charge in [0.05, 0.1) is 5.69 Å². The zero-order valence-corrected chi connectivity index (χ0v) is 16.4. The number of benzene rings is 2. The number of hydrogen-bond donors (Lipinski definition) is 2. The Morgan fingerprint density at radius 1 is 1.15 bits per heavy atom. The zero-order valence-electron chi connectivity index (χ0n) is 14.8.